The van der Waals surface area contributed by atoms with Crippen molar-refractivity contribution >= 4 is 24.7 Å². The van der Waals surface area contributed by atoms with Gasteiger partial charge in [0.25, 0.3) is 8.32 Å². The summed E-state index contributed by atoms with van der Waals surface area (Å²) in [6.07, 6.45) is 1.81. The Hall–Kier alpha value is -2.69. The highest BCUT2D eigenvalue weighted by Gasteiger charge is 2.49. The molecular weight excluding hydrogens is 436 g/mol. The lowest BCUT2D eigenvalue weighted by molar-refractivity contribution is 0.00695. The molecule has 180 valence electrons. The summed E-state index contributed by atoms with van der Waals surface area (Å²) in [5.74, 6) is -0.283. The minimum atomic E-state index is -2.50. The Kier molecular flexibility index (Phi) is 8.16. The first-order valence-electron chi connectivity index (χ1n) is 12.1. The van der Waals surface area contributed by atoms with Crippen LogP contribution in [0.4, 0.5) is 0 Å². The first kappa shape index (κ1) is 25.9. The van der Waals surface area contributed by atoms with Crippen LogP contribution in [0.5, 0.6) is 0 Å². The predicted octanol–water partition coefficient (Wildman–Crippen LogP) is 6.15. The minimum Gasteiger partial charge on any atom is -0.456 e. The van der Waals surface area contributed by atoms with Gasteiger partial charge in [0.1, 0.15) is 5.60 Å². The van der Waals surface area contributed by atoms with Gasteiger partial charge in [-0.25, -0.2) is 4.79 Å². The topological polar surface area (TPSA) is 35.5 Å². The molecule has 0 aromatic heterocycles. The van der Waals surface area contributed by atoms with Crippen LogP contribution in [-0.2, 0) is 15.6 Å². The number of carbonyl (C=O) groups is 1. The molecule has 0 fully saturated rings. The number of hydrogen-bond donors (Lipinski definition) is 0. The van der Waals surface area contributed by atoms with Crippen LogP contribution < -0.4 is 10.4 Å². The van der Waals surface area contributed by atoms with Crippen LogP contribution >= 0.6 is 0 Å². The fourth-order valence-electron chi connectivity index (χ4n) is 4.41. The average Bonchev–Trinajstić information content (AvgIpc) is 2.79. The van der Waals surface area contributed by atoms with Crippen molar-refractivity contribution in [3.05, 3.63) is 96.1 Å². The van der Waals surface area contributed by atoms with Crippen LogP contribution in [0, 0.1) is 0 Å². The van der Waals surface area contributed by atoms with E-state index in [2.05, 4.69) is 81.4 Å². The molecule has 3 aromatic carbocycles. The van der Waals surface area contributed by atoms with Gasteiger partial charge in [0.15, 0.2) is 0 Å². The molecule has 0 saturated carbocycles. The first-order chi connectivity index (χ1) is 16.0. The summed E-state index contributed by atoms with van der Waals surface area (Å²) in [6, 6.07) is 29.2. The van der Waals surface area contributed by atoms with Gasteiger partial charge in [-0.05, 0) is 66.7 Å². The zero-order valence-corrected chi connectivity index (χ0v) is 22.4. The summed E-state index contributed by atoms with van der Waals surface area (Å²) in [6.45, 7) is 13.2. The lowest BCUT2D eigenvalue weighted by atomic mass is 10.1. The van der Waals surface area contributed by atoms with Crippen molar-refractivity contribution in [1.82, 2.24) is 0 Å². The van der Waals surface area contributed by atoms with Crippen molar-refractivity contribution in [1.29, 1.82) is 0 Å². The summed E-state index contributed by atoms with van der Waals surface area (Å²) < 4.78 is 12.4. The van der Waals surface area contributed by atoms with E-state index in [1.165, 1.54) is 15.9 Å². The maximum atomic E-state index is 12.3. The van der Waals surface area contributed by atoms with E-state index < -0.39 is 13.9 Å². The van der Waals surface area contributed by atoms with E-state index in [4.69, 9.17) is 9.16 Å². The molecular formula is C30H38O3Si. The molecule has 0 spiro atoms. The van der Waals surface area contributed by atoms with Crippen molar-refractivity contribution in [3.63, 3.8) is 0 Å². The number of hydrogen-bond acceptors (Lipinski definition) is 3. The summed E-state index contributed by atoms with van der Waals surface area (Å²) >= 11 is 0. The van der Waals surface area contributed by atoms with Gasteiger partial charge in [-0.15, -0.1) is 0 Å². The number of aryl methyl sites for hydroxylation is 1. The lowest BCUT2D eigenvalue weighted by Crippen LogP contribution is -2.66. The molecule has 0 aliphatic rings. The van der Waals surface area contributed by atoms with Crippen molar-refractivity contribution in [2.24, 2.45) is 0 Å². The number of ether oxygens (including phenoxy) is 1. The smallest absolute Gasteiger partial charge is 0.338 e. The zero-order chi connectivity index (χ0) is 24.8. The Morgan fingerprint density at radius 3 is 1.68 bits per heavy atom. The van der Waals surface area contributed by atoms with Crippen LogP contribution in [0.1, 0.15) is 63.9 Å². The second-order valence-electron chi connectivity index (χ2n) is 10.8. The summed E-state index contributed by atoms with van der Waals surface area (Å²) in [5, 5.41) is 2.58. The second-order valence-corrected chi connectivity index (χ2v) is 15.1. The highest BCUT2D eigenvalue weighted by atomic mass is 28.4. The van der Waals surface area contributed by atoms with E-state index in [-0.39, 0.29) is 11.0 Å². The summed E-state index contributed by atoms with van der Waals surface area (Å²) in [4.78, 5) is 12.3. The third kappa shape index (κ3) is 6.25. The van der Waals surface area contributed by atoms with Crippen LogP contribution in [-0.4, -0.2) is 26.5 Å². The standard InChI is InChI=1S/C30H38O3Si/c1-29(2,3)33-28(31)25-21-19-24(20-22-25)14-13-23-32-34(30(4,5)6,26-15-9-7-10-16-26)27-17-11-8-12-18-27/h7-12,15-22H,13-14,23H2,1-6H3. The Bertz CT molecular complexity index is 1010. The van der Waals surface area contributed by atoms with Crippen LogP contribution in [0.15, 0.2) is 84.9 Å². The summed E-state index contributed by atoms with van der Waals surface area (Å²) in [5.41, 5.74) is 1.29. The maximum Gasteiger partial charge on any atom is 0.338 e. The Labute approximate surface area is 206 Å². The maximum absolute atomic E-state index is 12.3. The zero-order valence-electron chi connectivity index (χ0n) is 21.4. The van der Waals surface area contributed by atoms with E-state index in [0.717, 1.165) is 12.8 Å². The van der Waals surface area contributed by atoms with E-state index in [1.807, 2.05) is 45.0 Å². The van der Waals surface area contributed by atoms with Gasteiger partial charge in [-0.2, -0.15) is 0 Å². The van der Waals surface area contributed by atoms with Crippen molar-refractivity contribution in [2.75, 3.05) is 6.61 Å². The molecule has 0 heterocycles. The fraction of sp³-hybridized carbons (Fsp3) is 0.367. The van der Waals surface area contributed by atoms with Crippen LogP contribution in [0.25, 0.3) is 0 Å². The highest BCUT2D eigenvalue weighted by molar-refractivity contribution is 6.99. The quantitative estimate of drug-likeness (QED) is 0.223. The SMILES string of the molecule is CC(C)(C)OC(=O)c1ccc(CCCO[Si](c2ccccc2)(c2ccccc2)C(C)(C)C)cc1. The molecule has 3 nitrogen and oxygen atoms in total. The first-order valence-corrected chi connectivity index (χ1v) is 14.0. The molecule has 4 heteroatoms. The lowest BCUT2D eigenvalue weighted by Gasteiger charge is -2.43. The molecule has 3 rings (SSSR count). The molecule has 0 unspecified atom stereocenters. The van der Waals surface area contributed by atoms with Gasteiger partial charge in [0.2, 0.25) is 0 Å². The van der Waals surface area contributed by atoms with Crippen molar-refractivity contribution in [3.8, 4) is 0 Å². The monoisotopic (exact) mass is 474 g/mol. The molecule has 0 aliphatic carbocycles. The second kappa shape index (κ2) is 10.7. The largest absolute Gasteiger partial charge is 0.456 e. The predicted molar refractivity (Wildman–Crippen MR) is 144 cm³/mol. The Morgan fingerprint density at radius 1 is 0.735 bits per heavy atom. The third-order valence-electron chi connectivity index (χ3n) is 5.93. The van der Waals surface area contributed by atoms with E-state index >= 15 is 0 Å². The van der Waals surface area contributed by atoms with Gasteiger partial charge >= 0.3 is 5.97 Å². The van der Waals surface area contributed by atoms with Gasteiger partial charge < -0.3 is 9.16 Å². The Morgan fingerprint density at radius 2 is 1.24 bits per heavy atom. The normalized spacial score (nSPS) is 12.4. The highest BCUT2D eigenvalue weighted by Crippen LogP contribution is 2.36. The Balaban J connectivity index is 1.73. The molecule has 0 amide bonds. The molecule has 3 aromatic rings. The van der Waals surface area contributed by atoms with E-state index in [1.54, 1.807) is 0 Å². The third-order valence-corrected chi connectivity index (χ3v) is 11.0. The average molecular weight is 475 g/mol. The van der Waals surface area contributed by atoms with Crippen molar-refractivity contribution in [2.45, 2.75) is 65.0 Å². The molecule has 0 saturated heterocycles. The van der Waals surface area contributed by atoms with E-state index in [0.29, 0.717) is 12.2 Å². The molecule has 0 bridgehead atoms. The van der Waals surface area contributed by atoms with Crippen LogP contribution in [0.3, 0.4) is 0 Å². The number of esters is 1. The van der Waals surface area contributed by atoms with Crippen molar-refractivity contribution < 1.29 is 14.0 Å². The molecule has 0 atom stereocenters. The van der Waals surface area contributed by atoms with E-state index in [9.17, 15) is 4.79 Å². The molecule has 0 radical (unpaired) electrons. The molecule has 34 heavy (non-hydrogen) atoms. The fourth-order valence-corrected chi connectivity index (χ4v) is 9.01. The van der Waals surface area contributed by atoms with Crippen LogP contribution in [0.2, 0.25) is 5.04 Å². The van der Waals surface area contributed by atoms with Gasteiger partial charge in [-0.1, -0.05) is 93.6 Å². The summed E-state index contributed by atoms with van der Waals surface area (Å²) in [7, 11) is -2.50. The van der Waals surface area contributed by atoms with Gasteiger partial charge in [-0.3, -0.25) is 0 Å². The van der Waals surface area contributed by atoms with Gasteiger partial charge in [0, 0.05) is 6.61 Å². The molecule has 0 aliphatic heterocycles. The number of rotatable bonds is 8. The number of carbonyl (C=O) groups excluding carboxylic acids is 1. The number of benzene rings is 3. The van der Waals surface area contributed by atoms with Gasteiger partial charge in [0.05, 0.1) is 5.56 Å². The minimum absolute atomic E-state index is 0.0230. The molecule has 0 N–H and O–H groups in total.